The first-order chi connectivity index (χ1) is 17.7. The molecule has 3 aromatic rings. The van der Waals surface area contributed by atoms with Crippen molar-refractivity contribution < 1.29 is 28.2 Å². The molecule has 0 radical (unpaired) electrons. The zero-order valence-corrected chi connectivity index (χ0v) is 21.4. The Bertz CT molecular complexity index is 1290. The molecule has 4 rings (SSSR count). The summed E-state index contributed by atoms with van der Waals surface area (Å²) in [6.45, 7) is 2.41. The number of pyridine rings is 1. The van der Waals surface area contributed by atoms with Crippen molar-refractivity contribution in [1.29, 1.82) is 0 Å². The number of fused-ring (bicyclic) bond motifs is 1. The van der Waals surface area contributed by atoms with Crippen LogP contribution >= 0.6 is 11.6 Å². The molecule has 2 aromatic carbocycles. The van der Waals surface area contributed by atoms with Crippen LogP contribution in [0.3, 0.4) is 0 Å². The van der Waals surface area contributed by atoms with Crippen LogP contribution in [-0.4, -0.2) is 29.7 Å². The molecule has 1 saturated carbocycles. The van der Waals surface area contributed by atoms with E-state index in [-0.39, 0.29) is 17.7 Å². The van der Waals surface area contributed by atoms with Crippen LogP contribution < -0.4 is 4.90 Å². The monoisotopic (exact) mass is 526 g/mol. The molecule has 2 amide bonds. The molecule has 7 nitrogen and oxygen atoms in total. The van der Waals surface area contributed by atoms with Crippen LogP contribution in [0.1, 0.15) is 51.0 Å². The van der Waals surface area contributed by atoms with Crippen molar-refractivity contribution in [3.63, 3.8) is 0 Å². The number of halogens is 2. The third-order valence-electron chi connectivity index (χ3n) is 6.98. The van der Waals surface area contributed by atoms with Gasteiger partial charge in [0.05, 0.1) is 11.2 Å². The number of amides is 2. The van der Waals surface area contributed by atoms with Gasteiger partial charge in [-0.05, 0) is 91.6 Å². The fourth-order valence-electron chi connectivity index (χ4n) is 4.97. The summed E-state index contributed by atoms with van der Waals surface area (Å²) in [5.41, 5.74) is 2.14. The van der Waals surface area contributed by atoms with Crippen molar-refractivity contribution in [2.45, 2.75) is 45.4 Å². The first-order valence-corrected chi connectivity index (χ1v) is 12.6. The second-order valence-electron chi connectivity index (χ2n) is 9.28. The number of hydrogen-bond acceptors (Lipinski definition) is 6. The average molecular weight is 527 g/mol. The van der Waals surface area contributed by atoms with Gasteiger partial charge in [-0.15, -0.1) is 0 Å². The van der Waals surface area contributed by atoms with Crippen molar-refractivity contribution in [2.75, 3.05) is 11.7 Å². The number of rotatable bonds is 6. The minimum atomic E-state index is -0.931. The average Bonchev–Trinajstić information content (AvgIpc) is 2.89. The van der Waals surface area contributed by atoms with E-state index >= 15 is 0 Å². The fourth-order valence-corrected chi connectivity index (χ4v) is 5.10. The quantitative estimate of drug-likeness (QED) is 0.265. The molecule has 1 aromatic heterocycles. The molecule has 0 N–H and O–H groups in total. The van der Waals surface area contributed by atoms with E-state index in [1.807, 2.05) is 13.0 Å². The van der Waals surface area contributed by atoms with Gasteiger partial charge in [0.25, 0.3) is 0 Å². The number of nitrogens with zero attached hydrogens (tertiary/aromatic N) is 2. The van der Waals surface area contributed by atoms with E-state index in [0.717, 1.165) is 47.0 Å². The molecular formula is C28H28ClFN2O5. The SMILES string of the molecule is CC(=O)OCOC(=O)N(C(=O)[C@H](C)[C@H]1CC[C@@H](c2ccnc3ccc(F)cc32)CC1)c1ccc(Cl)cc1. The lowest BCUT2D eigenvalue weighted by Crippen LogP contribution is -2.43. The van der Waals surface area contributed by atoms with E-state index < -0.39 is 30.7 Å². The van der Waals surface area contributed by atoms with Crippen molar-refractivity contribution in [2.24, 2.45) is 11.8 Å². The van der Waals surface area contributed by atoms with E-state index in [1.165, 1.54) is 19.1 Å². The van der Waals surface area contributed by atoms with Crippen LogP contribution in [0.25, 0.3) is 10.9 Å². The lowest BCUT2D eigenvalue weighted by molar-refractivity contribution is -0.148. The maximum absolute atomic E-state index is 13.9. The molecule has 37 heavy (non-hydrogen) atoms. The Labute approximate surface area is 219 Å². The minimum absolute atomic E-state index is 0.0460. The number of carbonyl (C=O) groups is 3. The maximum atomic E-state index is 13.9. The number of aromatic nitrogens is 1. The van der Waals surface area contributed by atoms with Crippen LogP contribution in [0.4, 0.5) is 14.9 Å². The number of ether oxygens (including phenoxy) is 2. The molecule has 194 valence electrons. The van der Waals surface area contributed by atoms with Crippen LogP contribution in [0.5, 0.6) is 0 Å². The second-order valence-corrected chi connectivity index (χ2v) is 9.71. The van der Waals surface area contributed by atoms with Gasteiger partial charge in [0.2, 0.25) is 12.7 Å². The number of hydrogen-bond donors (Lipinski definition) is 0. The van der Waals surface area contributed by atoms with E-state index in [2.05, 4.69) is 4.98 Å². The van der Waals surface area contributed by atoms with E-state index in [4.69, 9.17) is 21.1 Å². The summed E-state index contributed by atoms with van der Waals surface area (Å²) >= 11 is 5.99. The number of esters is 1. The predicted molar refractivity (Wildman–Crippen MR) is 138 cm³/mol. The summed E-state index contributed by atoms with van der Waals surface area (Å²) < 4.78 is 23.7. The summed E-state index contributed by atoms with van der Waals surface area (Å²) in [4.78, 5) is 42.8. The zero-order valence-electron chi connectivity index (χ0n) is 20.7. The summed E-state index contributed by atoms with van der Waals surface area (Å²) in [7, 11) is 0. The van der Waals surface area contributed by atoms with Gasteiger partial charge < -0.3 is 9.47 Å². The van der Waals surface area contributed by atoms with E-state index in [9.17, 15) is 18.8 Å². The van der Waals surface area contributed by atoms with Crippen LogP contribution in [0, 0.1) is 17.7 Å². The maximum Gasteiger partial charge on any atom is 0.424 e. The molecule has 1 fully saturated rings. The van der Waals surface area contributed by atoms with Gasteiger partial charge in [0, 0.05) is 29.4 Å². The van der Waals surface area contributed by atoms with E-state index in [0.29, 0.717) is 10.7 Å². The number of benzene rings is 2. The zero-order chi connectivity index (χ0) is 26.5. The van der Waals surface area contributed by atoms with E-state index in [1.54, 1.807) is 36.5 Å². The molecule has 0 saturated heterocycles. The molecule has 1 aliphatic carbocycles. The van der Waals surface area contributed by atoms with Gasteiger partial charge in [0.1, 0.15) is 5.82 Å². The summed E-state index contributed by atoms with van der Waals surface area (Å²) in [5, 5.41) is 1.28. The highest BCUT2D eigenvalue weighted by atomic mass is 35.5. The van der Waals surface area contributed by atoms with Gasteiger partial charge in [-0.2, -0.15) is 0 Å². The summed E-state index contributed by atoms with van der Waals surface area (Å²) in [6, 6.07) is 12.8. The predicted octanol–water partition coefficient (Wildman–Crippen LogP) is 6.63. The standard InChI is InChI=1S/C28H28ClFN2O5/c1-17(27(34)32(23-10-7-21(29)8-11-23)28(35)37-16-36-18(2)33)19-3-5-20(6-4-19)24-13-14-31-26-12-9-22(30)15-25(24)26/h7-15,17,19-20H,3-6,16H2,1-2H3/t17-,19-,20+/m1/s1. The van der Waals surface area contributed by atoms with Crippen molar-refractivity contribution in [3.8, 4) is 0 Å². The molecule has 0 spiro atoms. The smallest absolute Gasteiger partial charge is 0.424 e. The Kier molecular flexibility index (Phi) is 8.38. The molecule has 9 heteroatoms. The number of carbonyl (C=O) groups excluding carboxylic acids is 3. The lowest BCUT2D eigenvalue weighted by Gasteiger charge is -2.34. The summed E-state index contributed by atoms with van der Waals surface area (Å²) in [6.07, 6.45) is 4.02. The van der Waals surface area contributed by atoms with Crippen LogP contribution in [0.2, 0.25) is 5.02 Å². The van der Waals surface area contributed by atoms with Gasteiger partial charge >= 0.3 is 12.1 Å². The molecular weight excluding hydrogens is 499 g/mol. The van der Waals surface area contributed by atoms with Crippen molar-refractivity contribution in [3.05, 3.63) is 71.1 Å². The Morgan fingerprint density at radius 3 is 2.43 bits per heavy atom. The van der Waals surface area contributed by atoms with Gasteiger partial charge in [-0.3, -0.25) is 14.6 Å². The highest BCUT2D eigenvalue weighted by Gasteiger charge is 2.36. The molecule has 0 unspecified atom stereocenters. The summed E-state index contributed by atoms with van der Waals surface area (Å²) in [5.74, 6) is -1.50. The second kappa shape index (κ2) is 11.7. The van der Waals surface area contributed by atoms with Gasteiger partial charge in [-0.25, -0.2) is 14.1 Å². The van der Waals surface area contributed by atoms with Gasteiger partial charge in [0.15, 0.2) is 0 Å². The fraction of sp³-hybridized carbons (Fsp3) is 0.357. The highest BCUT2D eigenvalue weighted by Crippen LogP contribution is 2.41. The first kappa shape index (κ1) is 26.5. The Morgan fingerprint density at radius 1 is 1.05 bits per heavy atom. The largest absolute Gasteiger partial charge is 0.428 e. The molecule has 1 aliphatic rings. The normalized spacial score (nSPS) is 18.2. The first-order valence-electron chi connectivity index (χ1n) is 12.2. The third kappa shape index (κ3) is 6.25. The van der Waals surface area contributed by atoms with Crippen LogP contribution in [-0.2, 0) is 19.1 Å². The van der Waals surface area contributed by atoms with Crippen molar-refractivity contribution >= 4 is 46.2 Å². The Hall–Kier alpha value is -3.52. The van der Waals surface area contributed by atoms with Crippen LogP contribution in [0.15, 0.2) is 54.7 Å². The topological polar surface area (TPSA) is 85.8 Å². The number of anilines is 1. The molecule has 0 bridgehead atoms. The van der Waals surface area contributed by atoms with Gasteiger partial charge in [-0.1, -0.05) is 18.5 Å². The lowest BCUT2D eigenvalue weighted by atomic mass is 9.73. The molecule has 1 heterocycles. The molecule has 1 atom stereocenters. The van der Waals surface area contributed by atoms with Crippen molar-refractivity contribution in [1.82, 2.24) is 4.98 Å². The molecule has 0 aliphatic heterocycles. The highest BCUT2D eigenvalue weighted by molar-refractivity contribution is 6.30. The number of imide groups is 1. The third-order valence-corrected chi connectivity index (χ3v) is 7.23. The minimum Gasteiger partial charge on any atom is -0.428 e. The Balaban J connectivity index is 1.47. The Morgan fingerprint density at radius 2 is 1.76 bits per heavy atom.